The van der Waals surface area contributed by atoms with Crippen LogP contribution in [-0.2, 0) is 13.2 Å². The molecule has 0 atom stereocenters. The summed E-state index contributed by atoms with van der Waals surface area (Å²) >= 11 is 0. The highest BCUT2D eigenvalue weighted by molar-refractivity contribution is 5.93. The zero-order chi connectivity index (χ0) is 21.6. The molecule has 0 spiro atoms. The van der Waals surface area contributed by atoms with Crippen LogP contribution in [0.1, 0.15) is 32.9 Å². The first-order chi connectivity index (χ1) is 15.1. The van der Waals surface area contributed by atoms with Crippen molar-refractivity contribution in [1.29, 1.82) is 0 Å². The van der Waals surface area contributed by atoms with Crippen LogP contribution >= 0.6 is 0 Å². The average Bonchev–Trinajstić information content (AvgIpc) is 3.19. The minimum atomic E-state index is -0.278. The van der Waals surface area contributed by atoms with Crippen molar-refractivity contribution < 1.29 is 9.53 Å². The topological polar surface area (TPSA) is 81.9 Å². The number of rotatable bonds is 7. The molecule has 7 heteroatoms. The summed E-state index contributed by atoms with van der Waals surface area (Å²) in [4.78, 5) is 16.9. The Hall–Kier alpha value is -4.00. The molecule has 31 heavy (non-hydrogen) atoms. The number of amides is 1. The molecule has 7 nitrogen and oxygen atoms in total. The molecule has 0 radical (unpaired) electrons. The van der Waals surface area contributed by atoms with Crippen molar-refractivity contribution in [3.8, 4) is 11.6 Å². The number of aromatic nitrogens is 4. The van der Waals surface area contributed by atoms with Crippen molar-refractivity contribution in [2.24, 2.45) is 0 Å². The number of carbonyl (C=O) groups excluding carboxylic acids is 1. The summed E-state index contributed by atoms with van der Waals surface area (Å²) < 4.78 is 7.42. The number of nitrogens with zero attached hydrogens (tertiary/aromatic N) is 4. The SMILES string of the molecule is Cc1ccc(-n2nnc(C(=O)NCc3ccnc(OCc4ccccc4)c3)c2C)cc1. The van der Waals surface area contributed by atoms with Gasteiger partial charge >= 0.3 is 0 Å². The number of aryl methyl sites for hydroxylation is 1. The van der Waals surface area contributed by atoms with E-state index in [2.05, 4.69) is 20.6 Å². The smallest absolute Gasteiger partial charge is 0.274 e. The standard InChI is InChI=1S/C24H23N5O2/c1-17-8-10-21(11-9-17)29-18(2)23(27-28-29)24(30)26-15-20-12-13-25-22(14-20)31-16-19-6-4-3-5-7-19/h3-14H,15-16H2,1-2H3,(H,26,30). The first-order valence-corrected chi connectivity index (χ1v) is 9.99. The van der Waals surface area contributed by atoms with Gasteiger partial charge < -0.3 is 10.1 Å². The molecule has 0 fully saturated rings. The van der Waals surface area contributed by atoms with Gasteiger partial charge in [-0.15, -0.1) is 5.10 Å². The van der Waals surface area contributed by atoms with Gasteiger partial charge in [0.15, 0.2) is 5.69 Å². The van der Waals surface area contributed by atoms with Crippen LogP contribution in [-0.4, -0.2) is 25.9 Å². The third-order valence-corrected chi connectivity index (χ3v) is 4.87. The minimum absolute atomic E-state index is 0.278. The van der Waals surface area contributed by atoms with Crippen LogP contribution in [0.3, 0.4) is 0 Å². The van der Waals surface area contributed by atoms with Crippen LogP contribution in [0.15, 0.2) is 72.9 Å². The number of hydrogen-bond acceptors (Lipinski definition) is 5. The van der Waals surface area contributed by atoms with E-state index in [1.807, 2.05) is 80.6 Å². The third kappa shape index (κ3) is 4.95. The predicted molar refractivity (Wildman–Crippen MR) is 117 cm³/mol. The zero-order valence-electron chi connectivity index (χ0n) is 17.4. The van der Waals surface area contributed by atoms with Gasteiger partial charge in [-0.05, 0) is 43.2 Å². The molecule has 0 saturated heterocycles. The highest BCUT2D eigenvalue weighted by Crippen LogP contribution is 2.14. The Morgan fingerprint density at radius 1 is 1.00 bits per heavy atom. The number of carbonyl (C=O) groups is 1. The van der Waals surface area contributed by atoms with Gasteiger partial charge in [-0.3, -0.25) is 4.79 Å². The van der Waals surface area contributed by atoms with Crippen molar-refractivity contribution in [3.63, 3.8) is 0 Å². The van der Waals surface area contributed by atoms with Crippen molar-refractivity contribution in [2.45, 2.75) is 27.0 Å². The largest absolute Gasteiger partial charge is 0.473 e. The molecule has 1 amide bonds. The highest BCUT2D eigenvalue weighted by Gasteiger charge is 2.17. The first kappa shape index (κ1) is 20.3. The normalized spacial score (nSPS) is 10.6. The average molecular weight is 413 g/mol. The molecule has 0 bridgehead atoms. The fourth-order valence-corrected chi connectivity index (χ4v) is 3.11. The van der Waals surface area contributed by atoms with Crippen LogP contribution < -0.4 is 10.1 Å². The summed E-state index contributed by atoms with van der Waals surface area (Å²) in [6.07, 6.45) is 1.67. The fourth-order valence-electron chi connectivity index (χ4n) is 3.11. The van der Waals surface area contributed by atoms with Gasteiger partial charge in [0, 0.05) is 18.8 Å². The second-order valence-electron chi connectivity index (χ2n) is 7.23. The summed E-state index contributed by atoms with van der Waals surface area (Å²) in [6, 6.07) is 21.4. The van der Waals surface area contributed by atoms with Gasteiger partial charge in [0.05, 0.1) is 11.4 Å². The minimum Gasteiger partial charge on any atom is -0.473 e. The van der Waals surface area contributed by atoms with Gasteiger partial charge in [0.2, 0.25) is 5.88 Å². The maximum Gasteiger partial charge on any atom is 0.274 e. The molecule has 2 aromatic heterocycles. The van der Waals surface area contributed by atoms with E-state index in [0.29, 0.717) is 30.4 Å². The van der Waals surface area contributed by atoms with E-state index in [1.54, 1.807) is 10.9 Å². The van der Waals surface area contributed by atoms with Gasteiger partial charge in [0.25, 0.3) is 5.91 Å². The van der Waals surface area contributed by atoms with Crippen LogP contribution in [0.5, 0.6) is 5.88 Å². The summed E-state index contributed by atoms with van der Waals surface area (Å²) in [5, 5.41) is 11.1. The lowest BCUT2D eigenvalue weighted by Gasteiger charge is -2.08. The quantitative estimate of drug-likeness (QED) is 0.499. The van der Waals surface area contributed by atoms with Crippen LogP contribution in [0.2, 0.25) is 0 Å². The van der Waals surface area contributed by atoms with Gasteiger partial charge in [-0.1, -0.05) is 53.2 Å². The zero-order valence-corrected chi connectivity index (χ0v) is 17.4. The van der Waals surface area contributed by atoms with E-state index in [0.717, 1.165) is 22.4 Å². The second kappa shape index (κ2) is 9.21. The Bertz CT molecular complexity index is 1170. The number of pyridine rings is 1. The van der Waals surface area contributed by atoms with Crippen LogP contribution in [0.4, 0.5) is 0 Å². The molecular weight excluding hydrogens is 390 g/mol. The van der Waals surface area contributed by atoms with Crippen molar-refractivity contribution in [3.05, 3.63) is 101 Å². The van der Waals surface area contributed by atoms with Crippen molar-refractivity contribution >= 4 is 5.91 Å². The molecular formula is C24H23N5O2. The Balaban J connectivity index is 1.38. The van der Waals surface area contributed by atoms with Gasteiger partial charge in [0.1, 0.15) is 6.61 Å². The molecule has 0 unspecified atom stereocenters. The van der Waals surface area contributed by atoms with E-state index >= 15 is 0 Å². The molecule has 0 aliphatic heterocycles. The monoisotopic (exact) mass is 413 g/mol. The van der Waals surface area contributed by atoms with Crippen LogP contribution in [0, 0.1) is 13.8 Å². The number of ether oxygens (including phenoxy) is 1. The number of hydrogen-bond donors (Lipinski definition) is 1. The maximum absolute atomic E-state index is 12.7. The Labute approximate surface area is 180 Å². The maximum atomic E-state index is 12.7. The lowest BCUT2D eigenvalue weighted by atomic mass is 10.2. The molecule has 4 aromatic rings. The molecule has 2 heterocycles. The summed E-state index contributed by atoms with van der Waals surface area (Å²) in [6.45, 7) is 4.62. The summed E-state index contributed by atoms with van der Waals surface area (Å²) in [5.41, 5.74) is 4.95. The van der Waals surface area contributed by atoms with E-state index < -0.39 is 0 Å². The summed E-state index contributed by atoms with van der Waals surface area (Å²) in [7, 11) is 0. The first-order valence-electron chi connectivity index (χ1n) is 9.99. The molecule has 4 rings (SSSR count). The summed E-state index contributed by atoms with van der Waals surface area (Å²) in [5.74, 6) is 0.233. The predicted octanol–water partition coefficient (Wildman–Crippen LogP) is 3.79. The van der Waals surface area contributed by atoms with Gasteiger partial charge in [-0.25, -0.2) is 9.67 Å². The number of benzene rings is 2. The van der Waals surface area contributed by atoms with E-state index in [1.165, 1.54) is 0 Å². The molecule has 0 saturated carbocycles. The van der Waals surface area contributed by atoms with Gasteiger partial charge in [-0.2, -0.15) is 0 Å². The van der Waals surface area contributed by atoms with E-state index in [4.69, 9.17) is 4.74 Å². The Kier molecular flexibility index (Phi) is 6.03. The third-order valence-electron chi connectivity index (χ3n) is 4.87. The Morgan fingerprint density at radius 3 is 2.55 bits per heavy atom. The fraction of sp³-hybridized carbons (Fsp3) is 0.167. The van der Waals surface area contributed by atoms with E-state index in [-0.39, 0.29) is 5.91 Å². The molecule has 0 aliphatic rings. The van der Waals surface area contributed by atoms with E-state index in [9.17, 15) is 4.79 Å². The molecule has 2 aromatic carbocycles. The molecule has 1 N–H and O–H groups in total. The number of nitrogens with one attached hydrogen (secondary N) is 1. The second-order valence-corrected chi connectivity index (χ2v) is 7.23. The Morgan fingerprint density at radius 2 is 1.77 bits per heavy atom. The highest BCUT2D eigenvalue weighted by atomic mass is 16.5. The molecule has 156 valence electrons. The molecule has 0 aliphatic carbocycles. The van der Waals surface area contributed by atoms with Crippen molar-refractivity contribution in [2.75, 3.05) is 0 Å². The van der Waals surface area contributed by atoms with Crippen molar-refractivity contribution in [1.82, 2.24) is 25.3 Å². The lowest BCUT2D eigenvalue weighted by Crippen LogP contribution is -2.24. The lowest BCUT2D eigenvalue weighted by molar-refractivity contribution is 0.0945. The van der Waals surface area contributed by atoms with Crippen LogP contribution in [0.25, 0.3) is 5.69 Å².